The summed E-state index contributed by atoms with van der Waals surface area (Å²) in [7, 11) is 0. The molecule has 0 radical (unpaired) electrons. The molecule has 1 amide bonds. The van der Waals surface area contributed by atoms with Crippen molar-refractivity contribution >= 4 is 17.6 Å². The van der Waals surface area contributed by atoms with E-state index < -0.39 is 11.0 Å². The zero-order chi connectivity index (χ0) is 19.4. The van der Waals surface area contributed by atoms with Crippen LogP contribution in [-0.2, 0) is 14.3 Å². The number of ether oxygens (including phenoxy) is 1. The molecule has 146 valence electrons. The Morgan fingerprint density at radius 3 is 2.26 bits per heavy atom. The van der Waals surface area contributed by atoms with Gasteiger partial charge in [-0.05, 0) is 82.3 Å². The first-order valence-electron chi connectivity index (χ1n) is 9.95. The summed E-state index contributed by atoms with van der Waals surface area (Å²) in [5.41, 5.74) is 2.63. The molecule has 4 fully saturated rings. The maximum absolute atomic E-state index is 12.9. The van der Waals surface area contributed by atoms with Crippen LogP contribution < -0.4 is 5.32 Å². The summed E-state index contributed by atoms with van der Waals surface area (Å²) in [6, 6.07) is 4.04. The smallest absolute Gasteiger partial charge is 0.312 e. The molecular formula is C22H29NO4. The standard InChI is InChI=1S/C22H29NO4/c1-13-4-14(2)19(15(3)5-13)23-18(24)11-27-20(25)21-7-16-6-17(8-21)10-22(26,9-16)12-21/h4-5,16-17,26H,6-12H2,1-3H3,(H,23,24)/t16-,17+,21?,22?. The molecule has 4 aliphatic carbocycles. The van der Waals surface area contributed by atoms with E-state index in [1.54, 1.807) is 0 Å². The lowest BCUT2D eigenvalue weighted by molar-refractivity contribution is -0.196. The minimum absolute atomic E-state index is 0.277. The molecule has 5 heteroatoms. The van der Waals surface area contributed by atoms with E-state index in [9.17, 15) is 14.7 Å². The van der Waals surface area contributed by atoms with Crippen molar-refractivity contribution < 1.29 is 19.4 Å². The van der Waals surface area contributed by atoms with Gasteiger partial charge in [-0.25, -0.2) is 0 Å². The van der Waals surface area contributed by atoms with E-state index in [1.165, 1.54) is 0 Å². The second kappa shape index (κ2) is 6.33. The van der Waals surface area contributed by atoms with E-state index in [4.69, 9.17) is 4.74 Å². The van der Waals surface area contributed by atoms with Crippen molar-refractivity contribution in [2.24, 2.45) is 17.3 Å². The molecule has 0 heterocycles. The molecule has 4 aliphatic rings. The Hall–Kier alpha value is -1.88. The van der Waals surface area contributed by atoms with E-state index in [0.29, 0.717) is 18.3 Å². The van der Waals surface area contributed by atoms with Crippen LogP contribution in [0.1, 0.15) is 55.2 Å². The van der Waals surface area contributed by atoms with Crippen molar-refractivity contribution in [3.8, 4) is 0 Å². The Morgan fingerprint density at radius 2 is 1.70 bits per heavy atom. The number of aliphatic hydroxyl groups is 1. The van der Waals surface area contributed by atoms with Crippen molar-refractivity contribution in [2.75, 3.05) is 11.9 Å². The fourth-order valence-corrected chi connectivity index (χ4v) is 6.29. The second-order valence-corrected chi connectivity index (χ2v) is 9.36. The second-order valence-electron chi connectivity index (χ2n) is 9.36. The van der Waals surface area contributed by atoms with Crippen molar-refractivity contribution in [3.63, 3.8) is 0 Å². The summed E-state index contributed by atoms with van der Waals surface area (Å²) in [6.07, 6.45) is 4.81. The van der Waals surface area contributed by atoms with Gasteiger partial charge in [0.05, 0.1) is 11.0 Å². The van der Waals surface area contributed by atoms with Gasteiger partial charge in [-0.3, -0.25) is 9.59 Å². The monoisotopic (exact) mass is 371 g/mol. The van der Waals surface area contributed by atoms with Crippen molar-refractivity contribution in [1.82, 2.24) is 0 Å². The molecule has 4 atom stereocenters. The number of hydrogen-bond donors (Lipinski definition) is 2. The number of anilines is 1. The Balaban J connectivity index is 1.39. The average molecular weight is 371 g/mol. The normalized spacial score (nSPS) is 33.8. The highest BCUT2D eigenvalue weighted by atomic mass is 16.5. The quantitative estimate of drug-likeness (QED) is 0.795. The molecule has 0 saturated heterocycles. The van der Waals surface area contributed by atoms with Gasteiger partial charge in [0.2, 0.25) is 0 Å². The maximum atomic E-state index is 12.9. The zero-order valence-electron chi connectivity index (χ0n) is 16.4. The first-order chi connectivity index (χ1) is 12.7. The summed E-state index contributed by atoms with van der Waals surface area (Å²) in [6.45, 7) is 5.66. The minimum atomic E-state index is -0.707. The molecule has 0 aromatic heterocycles. The third kappa shape index (κ3) is 3.38. The van der Waals surface area contributed by atoms with Crippen LogP contribution in [0.4, 0.5) is 5.69 Å². The van der Waals surface area contributed by atoms with Crippen molar-refractivity contribution in [1.29, 1.82) is 0 Å². The van der Waals surface area contributed by atoms with Crippen LogP contribution in [0, 0.1) is 38.0 Å². The predicted octanol–water partition coefficient (Wildman–Crippen LogP) is 3.42. The van der Waals surface area contributed by atoms with Gasteiger partial charge in [0, 0.05) is 5.69 Å². The molecule has 0 spiro atoms. The number of hydrogen-bond acceptors (Lipinski definition) is 4. The molecule has 2 unspecified atom stereocenters. The third-order valence-electron chi connectivity index (χ3n) is 6.74. The molecule has 4 saturated carbocycles. The molecule has 1 aromatic rings. The summed E-state index contributed by atoms with van der Waals surface area (Å²) in [4.78, 5) is 25.2. The minimum Gasteiger partial charge on any atom is -0.455 e. The number of rotatable bonds is 4. The molecule has 27 heavy (non-hydrogen) atoms. The summed E-state index contributed by atoms with van der Waals surface area (Å²) in [5, 5.41) is 13.7. The SMILES string of the molecule is Cc1cc(C)c(NC(=O)COC(=O)C23C[C@@H]4C[C@@H](CC(O)(C4)C2)C3)c(C)c1. The van der Waals surface area contributed by atoms with Gasteiger partial charge < -0.3 is 15.2 Å². The highest BCUT2D eigenvalue weighted by molar-refractivity contribution is 5.94. The number of aryl methyl sites for hydroxylation is 3. The van der Waals surface area contributed by atoms with Crippen molar-refractivity contribution in [3.05, 3.63) is 28.8 Å². The lowest BCUT2D eigenvalue weighted by Crippen LogP contribution is -2.58. The van der Waals surface area contributed by atoms with Crippen LogP contribution in [0.5, 0.6) is 0 Å². The summed E-state index contributed by atoms with van der Waals surface area (Å²) in [5.74, 6) is 0.204. The van der Waals surface area contributed by atoms with E-state index >= 15 is 0 Å². The van der Waals surface area contributed by atoms with Gasteiger partial charge in [-0.1, -0.05) is 17.7 Å². The first-order valence-corrected chi connectivity index (χ1v) is 9.95. The van der Waals surface area contributed by atoms with Gasteiger partial charge in [0.15, 0.2) is 6.61 Å². The Labute approximate surface area is 160 Å². The Bertz CT molecular complexity index is 762. The lowest BCUT2D eigenvalue weighted by Gasteiger charge is -2.58. The van der Waals surface area contributed by atoms with E-state index in [-0.39, 0.29) is 18.5 Å². The summed E-state index contributed by atoms with van der Waals surface area (Å²) >= 11 is 0. The van der Waals surface area contributed by atoms with Gasteiger partial charge in [-0.15, -0.1) is 0 Å². The van der Waals surface area contributed by atoms with Gasteiger partial charge in [-0.2, -0.15) is 0 Å². The third-order valence-corrected chi connectivity index (χ3v) is 6.74. The average Bonchev–Trinajstić information content (AvgIpc) is 2.53. The highest BCUT2D eigenvalue weighted by Gasteiger charge is 2.60. The topological polar surface area (TPSA) is 75.6 Å². The maximum Gasteiger partial charge on any atom is 0.312 e. The fraction of sp³-hybridized carbons (Fsp3) is 0.636. The molecule has 2 N–H and O–H groups in total. The number of amides is 1. The van der Waals surface area contributed by atoms with E-state index in [2.05, 4.69) is 5.32 Å². The highest BCUT2D eigenvalue weighted by Crippen LogP contribution is 2.61. The van der Waals surface area contributed by atoms with Crippen LogP contribution in [-0.4, -0.2) is 29.2 Å². The Kier molecular flexibility index (Phi) is 4.34. The van der Waals surface area contributed by atoms with Crippen LogP contribution in [0.2, 0.25) is 0 Å². The molecule has 5 nitrogen and oxygen atoms in total. The summed E-state index contributed by atoms with van der Waals surface area (Å²) < 4.78 is 5.45. The van der Waals surface area contributed by atoms with Crippen molar-refractivity contribution in [2.45, 2.75) is 64.9 Å². The zero-order valence-corrected chi connectivity index (χ0v) is 16.4. The number of esters is 1. The molecular weight excluding hydrogens is 342 g/mol. The van der Waals surface area contributed by atoms with Crippen LogP contribution in [0.15, 0.2) is 12.1 Å². The predicted molar refractivity (Wildman–Crippen MR) is 102 cm³/mol. The number of carbonyl (C=O) groups is 2. The van der Waals surface area contributed by atoms with Crippen LogP contribution >= 0.6 is 0 Å². The molecule has 0 aliphatic heterocycles. The number of benzene rings is 1. The molecule has 5 rings (SSSR count). The van der Waals surface area contributed by atoms with Crippen LogP contribution in [0.3, 0.4) is 0 Å². The molecule has 4 bridgehead atoms. The number of carbonyl (C=O) groups excluding carboxylic acids is 2. The van der Waals surface area contributed by atoms with E-state index in [0.717, 1.165) is 54.5 Å². The number of nitrogens with one attached hydrogen (secondary N) is 1. The Morgan fingerprint density at radius 1 is 1.11 bits per heavy atom. The fourth-order valence-electron chi connectivity index (χ4n) is 6.29. The van der Waals surface area contributed by atoms with Gasteiger partial charge in [0.1, 0.15) is 0 Å². The molecule has 1 aromatic carbocycles. The van der Waals surface area contributed by atoms with E-state index in [1.807, 2.05) is 32.9 Å². The van der Waals surface area contributed by atoms with Crippen LogP contribution in [0.25, 0.3) is 0 Å². The lowest BCUT2D eigenvalue weighted by atomic mass is 9.48. The van der Waals surface area contributed by atoms with Gasteiger partial charge >= 0.3 is 5.97 Å². The first kappa shape index (κ1) is 18.5. The van der Waals surface area contributed by atoms with Gasteiger partial charge in [0.25, 0.3) is 5.91 Å². The largest absolute Gasteiger partial charge is 0.455 e.